The molecule has 1 aromatic carbocycles. The Labute approximate surface area is 145 Å². The quantitative estimate of drug-likeness (QED) is 0.831. The second-order valence-electron chi connectivity index (χ2n) is 6.84. The minimum Gasteiger partial charge on any atom is -0.490 e. The Kier molecular flexibility index (Phi) is 5.43. The minimum atomic E-state index is -4.41. The lowest BCUT2D eigenvalue weighted by molar-refractivity contribution is -0.207. The lowest BCUT2D eigenvalue weighted by atomic mass is 9.85. The van der Waals surface area contributed by atoms with Crippen LogP contribution in [0.5, 0.6) is 11.5 Å². The number of piperidine rings is 2. The number of ether oxygens (including phenoxy) is 2. The topological polar surface area (TPSA) is 41.9 Å². The van der Waals surface area contributed by atoms with Gasteiger partial charge in [-0.15, -0.1) is 0 Å². The maximum atomic E-state index is 12.9. The smallest absolute Gasteiger partial charge is 0.416 e. The molecule has 2 heterocycles. The van der Waals surface area contributed by atoms with Crippen molar-refractivity contribution >= 4 is 0 Å². The molecule has 2 fully saturated rings. The first kappa shape index (κ1) is 18.3. The van der Waals surface area contributed by atoms with Gasteiger partial charge in [0.2, 0.25) is 0 Å². The number of alkyl halides is 3. The molecule has 0 amide bonds. The van der Waals surface area contributed by atoms with Gasteiger partial charge < -0.3 is 14.7 Å². The standard InChI is InChI=1S/C18H24F3NO3/c1-2-8-24-17-9-12(18(19,20)21)6-7-16(17)25-15-10-13-4-3-5-14(11-15)22(13)23/h6-7,9,13-15,23H,2-5,8,10-11H2,1H3/t13-,14-/m1/s1. The largest absolute Gasteiger partial charge is 0.490 e. The van der Waals surface area contributed by atoms with E-state index in [-0.39, 0.29) is 23.9 Å². The van der Waals surface area contributed by atoms with Crippen LogP contribution in [0.3, 0.4) is 0 Å². The van der Waals surface area contributed by atoms with Gasteiger partial charge in [0, 0.05) is 24.9 Å². The van der Waals surface area contributed by atoms with Crippen LogP contribution in [0, 0.1) is 0 Å². The predicted molar refractivity (Wildman–Crippen MR) is 85.9 cm³/mol. The molecule has 25 heavy (non-hydrogen) atoms. The Morgan fingerprint density at radius 3 is 2.44 bits per heavy atom. The zero-order valence-electron chi connectivity index (χ0n) is 14.3. The molecule has 0 radical (unpaired) electrons. The first-order valence-corrected chi connectivity index (χ1v) is 8.86. The lowest BCUT2D eigenvalue weighted by Gasteiger charge is -2.44. The van der Waals surface area contributed by atoms with E-state index < -0.39 is 11.7 Å². The van der Waals surface area contributed by atoms with E-state index in [0.717, 1.165) is 31.4 Å². The molecule has 0 aliphatic carbocycles. The summed E-state index contributed by atoms with van der Waals surface area (Å²) in [6, 6.07) is 3.50. The molecule has 1 N–H and O–H groups in total. The molecule has 0 aromatic heterocycles. The van der Waals surface area contributed by atoms with Crippen LogP contribution in [-0.2, 0) is 6.18 Å². The fourth-order valence-electron chi connectivity index (χ4n) is 3.69. The molecular weight excluding hydrogens is 335 g/mol. The number of halogens is 3. The summed E-state index contributed by atoms with van der Waals surface area (Å²) in [5.41, 5.74) is -0.743. The van der Waals surface area contributed by atoms with Crippen LogP contribution in [0.15, 0.2) is 18.2 Å². The Bertz CT molecular complexity index is 579. The second kappa shape index (κ2) is 7.41. The molecule has 2 bridgehead atoms. The Morgan fingerprint density at radius 2 is 1.84 bits per heavy atom. The number of hydrogen-bond acceptors (Lipinski definition) is 4. The average Bonchev–Trinajstić information content (AvgIpc) is 2.54. The molecule has 2 saturated heterocycles. The fourth-order valence-corrected chi connectivity index (χ4v) is 3.69. The van der Waals surface area contributed by atoms with Crippen molar-refractivity contribution in [1.82, 2.24) is 5.06 Å². The molecule has 7 heteroatoms. The third kappa shape index (κ3) is 4.20. The molecule has 2 aliphatic rings. The van der Waals surface area contributed by atoms with Crippen LogP contribution in [0.1, 0.15) is 51.0 Å². The Hall–Kier alpha value is -1.47. The van der Waals surface area contributed by atoms with E-state index in [2.05, 4.69) is 0 Å². The van der Waals surface area contributed by atoms with Crippen LogP contribution in [0.2, 0.25) is 0 Å². The van der Waals surface area contributed by atoms with Crippen LogP contribution < -0.4 is 9.47 Å². The summed E-state index contributed by atoms with van der Waals surface area (Å²) in [4.78, 5) is 0. The van der Waals surface area contributed by atoms with Gasteiger partial charge in [0.1, 0.15) is 6.10 Å². The van der Waals surface area contributed by atoms with E-state index >= 15 is 0 Å². The van der Waals surface area contributed by atoms with E-state index in [4.69, 9.17) is 9.47 Å². The molecule has 0 spiro atoms. The molecule has 3 rings (SSSR count). The molecule has 0 unspecified atom stereocenters. The number of fused-ring (bicyclic) bond motifs is 2. The van der Waals surface area contributed by atoms with Crippen molar-refractivity contribution in [3.63, 3.8) is 0 Å². The van der Waals surface area contributed by atoms with Crippen LogP contribution in [-0.4, -0.2) is 35.1 Å². The van der Waals surface area contributed by atoms with Crippen molar-refractivity contribution < 1.29 is 27.9 Å². The normalized spacial score (nSPS) is 27.2. The number of benzene rings is 1. The van der Waals surface area contributed by atoms with Gasteiger partial charge in [0.05, 0.1) is 12.2 Å². The summed E-state index contributed by atoms with van der Waals surface area (Å²) in [6.45, 7) is 2.23. The van der Waals surface area contributed by atoms with Crippen molar-refractivity contribution in [3.05, 3.63) is 23.8 Å². The SMILES string of the molecule is CCCOc1cc(C(F)(F)F)ccc1OC1C[C@H]2CCC[C@H](C1)N2O. The number of nitrogens with zero attached hydrogens (tertiary/aromatic N) is 1. The highest BCUT2D eigenvalue weighted by Crippen LogP contribution is 2.39. The van der Waals surface area contributed by atoms with E-state index in [1.54, 1.807) is 0 Å². The molecule has 0 saturated carbocycles. The first-order valence-electron chi connectivity index (χ1n) is 8.86. The third-order valence-electron chi connectivity index (χ3n) is 4.92. The lowest BCUT2D eigenvalue weighted by Crippen LogP contribution is -2.52. The first-order chi connectivity index (χ1) is 11.9. The van der Waals surface area contributed by atoms with Gasteiger partial charge in [0.25, 0.3) is 0 Å². The number of rotatable bonds is 5. The maximum Gasteiger partial charge on any atom is 0.416 e. The highest BCUT2D eigenvalue weighted by atomic mass is 19.4. The van der Waals surface area contributed by atoms with E-state index in [1.807, 2.05) is 6.92 Å². The van der Waals surface area contributed by atoms with Gasteiger partial charge in [-0.25, -0.2) is 0 Å². The molecular formula is C18H24F3NO3. The van der Waals surface area contributed by atoms with Crippen molar-refractivity contribution in [2.45, 2.75) is 69.8 Å². The molecule has 4 nitrogen and oxygen atoms in total. The number of hydroxylamine groups is 2. The molecule has 2 atom stereocenters. The minimum absolute atomic E-state index is 0.0620. The summed E-state index contributed by atoms with van der Waals surface area (Å²) in [5.74, 6) is 0.476. The van der Waals surface area contributed by atoms with E-state index in [1.165, 1.54) is 11.1 Å². The summed E-state index contributed by atoms with van der Waals surface area (Å²) < 4.78 is 50.3. The van der Waals surface area contributed by atoms with Crippen molar-refractivity contribution in [2.24, 2.45) is 0 Å². The summed E-state index contributed by atoms with van der Waals surface area (Å²) in [5, 5.41) is 11.5. The van der Waals surface area contributed by atoms with Gasteiger partial charge >= 0.3 is 6.18 Å². The van der Waals surface area contributed by atoms with E-state index in [9.17, 15) is 18.4 Å². The van der Waals surface area contributed by atoms with Crippen LogP contribution in [0.25, 0.3) is 0 Å². The Balaban J connectivity index is 1.77. The van der Waals surface area contributed by atoms with Gasteiger partial charge in [-0.2, -0.15) is 18.2 Å². The molecule has 1 aromatic rings. The maximum absolute atomic E-state index is 12.9. The van der Waals surface area contributed by atoms with Gasteiger partial charge in [-0.3, -0.25) is 0 Å². The summed E-state index contributed by atoms with van der Waals surface area (Å²) in [6.07, 6.45) is 0.412. The zero-order chi connectivity index (χ0) is 18.0. The van der Waals surface area contributed by atoms with E-state index in [0.29, 0.717) is 31.6 Å². The fraction of sp³-hybridized carbons (Fsp3) is 0.667. The molecule has 140 valence electrons. The third-order valence-corrected chi connectivity index (χ3v) is 4.92. The van der Waals surface area contributed by atoms with Crippen LogP contribution in [0.4, 0.5) is 13.2 Å². The van der Waals surface area contributed by atoms with Gasteiger partial charge in [-0.05, 0) is 37.5 Å². The highest BCUT2D eigenvalue weighted by molar-refractivity contribution is 5.44. The van der Waals surface area contributed by atoms with Crippen molar-refractivity contribution in [3.8, 4) is 11.5 Å². The van der Waals surface area contributed by atoms with Gasteiger partial charge in [-0.1, -0.05) is 13.3 Å². The van der Waals surface area contributed by atoms with Gasteiger partial charge in [0.15, 0.2) is 11.5 Å². The predicted octanol–water partition coefficient (Wildman–Crippen LogP) is 4.65. The highest BCUT2D eigenvalue weighted by Gasteiger charge is 2.39. The average molecular weight is 359 g/mol. The summed E-state index contributed by atoms with van der Waals surface area (Å²) in [7, 11) is 0. The zero-order valence-corrected chi connectivity index (χ0v) is 14.3. The van der Waals surface area contributed by atoms with Crippen molar-refractivity contribution in [2.75, 3.05) is 6.61 Å². The monoisotopic (exact) mass is 359 g/mol. The molecule has 2 aliphatic heterocycles. The van der Waals surface area contributed by atoms with Crippen LogP contribution >= 0.6 is 0 Å². The summed E-state index contributed by atoms with van der Waals surface area (Å²) >= 11 is 0. The second-order valence-corrected chi connectivity index (χ2v) is 6.84. The van der Waals surface area contributed by atoms with Crippen molar-refractivity contribution in [1.29, 1.82) is 0 Å². The Morgan fingerprint density at radius 1 is 1.16 bits per heavy atom. The number of hydrogen-bond donors (Lipinski definition) is 1.